The van der Waals surface area contributed by atoms with Gasteiger partial charge in [0.15, 0.2) is 31.5 Å². The second-order valence-electron chi connectivity index (χ2n) is 28.6. The van der Waals surface area contributed by atoms with Crippen LogP contribution in [-0.4, -0.2) is 270 Å². The van der Waals surface area contributed by atoms with E-state index < -0.39 is 202 Å². The lowest BCUT2D eigenvalue weighted by molar-refractivity contribution is -0.394. The number of carbonyl (C=O) groups excluding carboxylic acids is 1. The summed E-state index contributed by atoms with van der Waals surface area (Å²) in [6.45, 7) is 12.9. The minimum Gasteiger partial charge on any atom is -0.394 e. The molecule has 6 saturated heterocycles. The zero-order chi connectivity index (χ0) is 60.8. The highest BCUT2D eigenvalue weighted by Gasteiger charge is 2.80. The molecule has 6 aliphatic heterocycles. The van der Waals surface area contributed by atoms with Crippen molar-refractivity contribution in [2.45, 2.75) is 272 Å². The van der Waals surface area contributed by atoms with Gasteiger partial charge in [-0.15, -0.1) is 0 Å². The largest absolute Gasteiger partial charge is 0.394 e. The molecule has 11 aliphatic rings. The Morgan fingerprint density at radius 2 is 1.08 bits per heavy atom. The van der Waals surface area contributed by atoms with Crippen LogP contribution in [0, 0.1) is 50.2 Å². The highest BCUT2D eigenvalue weighted by atomic mass is 16.8. The molecule has 0 aromatic rings. The van der Waals surface area contributed by atoms with E-state index in [-0.39, 0.29) is 34.0 Å². The molecule has 34 atom stereocenters. The van der Waals surface area contributed by atoms with Gasteiger partial charge in [0.25, 0.3) is 0 Å². The second kappa shape index (κ2) is 23.1. The van der Waals surface area contributed by atoms with Crippen molar-refractivity contribution in [3.05, 3.63) is 0 Å². The minimum atomic E-state index is -2.01. The molecule has 0 aromatic carbocycles. The third-order valence-corrected chi connectivity index (χ3v) is 24.0. The molecule has 84 heavy (non-hydrogen) atoms. The van der Waals surface area contributed by atoms with E-state index in [1.807, 2.05) is 0 Å². The van der Waals surface area contributed by atoms with Crippen molar-refractivity contribution < 1.29 is 128 Å². The van der Waals surface area contributed by atoms with Crippen LogP contribution in [0.3, 0.4) is 0 Å². The Bertz CT molecular complexity index is 2320. The number of ether oxygens (including phenoxy) is 11. The Morgan fingerprint density at radius 1 is 0.512 bits per heavy atom. The summed E-state index contributed by atoms with van der Waals surface area (Å²) in [5, 5.41) is 154. The predicted molar refractivity (Wildman–Crippen MR) is 282 cm³/mol. The first kappa shape index (κ1) is 64.2. The van der Waals surface area contributed by atoms with Gasteiger partial charge in [0, 0.05) is 16.2 Å². The van der Waals surface area contributed by atoms with Gasteiger partial charge < -0.3 is 128 Å². The lowest BCUT2D eigenvalue weighted by Gasteiger charge is -2.75. The van der Waals surface area contributed by atoms with E-state index >= 15 is 0 Å². The van der Waals surface area contributed by atoms with Gasteiger partial charge in [-0.1, -0.05) is 41.5 Å². The number of hydrogen-bond donors (Lipinski definition) is 14. The fourth-order valence-electron chi connectivity index (χ4n) is 18.8. The Hall–Kier alpha value is -1.33. The summed E-state index contributed by atoms with van der Waals surface area (Å²) in [5.41, 5.74) is -2.79. The van der Waals surface area contributed by atoms with Crippen molar-refractivity contribution in [3.63, 3.8) is 0 Å². The maximum absolute atomic E-state index is 12.6. The third-order valence-electron chi connectivity index (χ3n) is 24.0. The molecule has 482 valence electrons. The van der Waals surface area contributed by atoms with Crippen molar-refractivity contribution in [2.24, 2.45) is 50.2 Å². The first-order chi connectivity index (χ1) is 39.5. The van der Waals surface area contributed by atoms with Crippen LogP contribution in [0.2, 0.25) is 0 Å². The lowest BCUT2D eigenvalue weighted by atomic mass is 9.30. The minimum absolute atomic E-state index is 0.0487. The molecule has 0 aromatic heterocycles. The van der Waals surface area contributed by atoms with Gasteiger partial charge in [-0.2, -0.15) is 0 Å². The number of aldehydes is 1. The van der Waals surface area contributed by atoms with Gasteiger partial charge in [-0.25, -0.2) is 0 Å². The van der Waals surface area contributed by atoms with Crippen LogP contribution in [-0.2, 0) is 56.9 Å². The summed E-state index contributed by atoms with van der Waals surface area (Å²) in [6.07, 6.45) is -30.9. The molecule has 2 bridgehead atoms. The molecule has 5 aliphatic carbocycles. The maximum Gasteiger partial charge on any atom is 0.187 e. The number of carbonyl (C=O) groups is 1. The molecule has 26 heteroatoms. The highest BCUT2D eigenvalue weighted by molar-refractivity contribution is 5.59. The van der Waals surface area contributed by atoms with Gasteiger partial charge in [-0.3, -0.25) is 0 Å². The number of fused-ring (bicyclic) bond motifs is 4. The molecule has 6 heterocycles. The van der Waals surface area contributed by atoms with E-state index in [0.29, 0.717) is 25.9 Å². The van der Waals surface area contributed by atoms with Gasteiger partial charge in [0.05, 0.1) is 56.9 Å². The van der Waals surface area contributed by atoms with Crippen LogP contribution in [0.25, 0.3) is 0 Å². The lowest BCUT2D eigenvalue weighted by Crippen LogP contribution is -2.74. The summed E-state index contributed by atoms with van der Waals surface area (Å²) in [5.74, 6) is 0.356. The first-order valence-corrected chi connectivity index (χ1v) is 30.5. The van der Waals surface area contributed by atoms with Crippen molar-refractivity contribution >= 4 is 6.29 Å². The number of rotatable bonds is 13. The van der Waals surface area contributed by atoms with E-state index in [2.05, 4.69) is 41.5 Å². The van der Waals surface area contributed by atoms with E-state index in [0.717, 1.165) is 51.2 Å². The monoisotopic (exact) mass is 1210 g/mol. The molecule has 0 radical (unpaired) electrons. The molecular weight excluding hydrogens is 1110 g/mol. The summed E-state index contributed by atoms with van der Waals surface area (Å²) >= 11 is 0. The molecule has 14 N–H and O–H groups in total. The third kappa shape index (κ3) is 9.88. The quantitative estimate of drug-likeness (QED) is 0.0644. The smallest absolute Gasteiger partial charge is 0.187 e. The van der Waals surface area contributed by atoms with Crippen LogP contribution < -0.4 is 0 Å². The first-order valence-electron chi connectivity index (χ1n) is 30.5. The molecule has 11 fully saturated rings. The Kier molecular flexibility index (Phi) is 17.7. The molecule has 0 amide bonds. The number of hydrogen-bond acceptors (Lipinski definition) is 26. The van der Waals surface area contributed by atoms with Crippen LogP contribution >= 0.6 is 0 Å². The van der Waals surface area contributed by atoms with Crippen LogP contribution in [0.15, 0.2) is 0 Å². The van der Waals surface area contributed by atoms with Crippen molar-refractivity contribution in [1.82, 2.24) is 0 Å². The molecule has 1 spiro atoms. The van der Waals surface area contributed by atoms with Gasteiger partial charge in [0.2, 0.25) is 0 Å². The van der Waals surface area contributed by atoms with Crippen LogP contribution in [0.1, 0.15) is 113 Å². The summed E-state index contributed by atoms with van der Waals surface area (Å²) in [4.78, 5) is 12.6. The van der Waals surface area contributed by atoms with E-state index in [4.69, 9.17) is 52.1 Å². The standard InChI is InChI=1S/C58H94O26/c1-24-34(64)37(67)41(71)48(77-24)83-45-27(19-60)79-50(43(73)39(45)69)84-46-36(66)28(80-49-42(72)38(68)44(26(18-59)78-49)82-47-40(70)35(65)25(62)20-74-47)21-75-51(46)81-33-10-11-54(5)29(52(33,2)3)8-12-55(6)30(54)9-13-58-31-16-53(4,22-61)14-15-57(31,23-76-58)32(63)17-56(55,58)7/h22,24-51,59-60,62-73H,8-21,23H2,1-7H3/t24-,25+,26+,27+,28-,29-,30+,31?,32+,33-,34-,35-,36-,37+,38+,39+,40+,41+,42+,43+,44+,45+,46+,47-,48-,49-,50-,51-,53-,54-,55+,56-,57+,58-/m0/s1. The van der Waals surface area contributed by atoms with E-state index in [9.17, 15) is 76.3 Å². The average Bonchev–Trinajstić information content (AvgIpc) is 1.29. The SMILES string of the molecule is C[C@@H]1O[C@@H](O[C@H]2[C@H](O)[C@@H](O)[C@H](O[C@H]3[C@H](O[C@H]4CC[C@]5(C)[C@H]6CC[C@]78OC[C@@]9(CC[C@](C)(C=O)CC97)[C@H](O)C[C@@]8(C)[C@]6(C)CC[C@H]5C4(C)C)OC[C@H](O[C@@H]4O[C@H](CO)[C@@H](O[C@@H]5OC[C@@H](O)[C@H](O)[C@H]5O)[C@H](O)[C@H]4O)[C@@H]3O)O[C@@H]2CO)[C@H](O)[C@H](O)[C@H]1O. The van der Waals surface area contributed by atoms with Gasteiger partial charge in [-0.05, 0) is 105 Å². The van der Waals surface area contributed by atoms with Crippen molar-refractivity contribution in [3.8, 4) is 0 Å². The van der Waals surface area contributed by atoms with Crippen molar-refractivity contribution in [2.75, 3.05) is 33.0 Å². The zero-order valence-electron chi connectivity index (χ0n) is 49.0. The Balaban J connectivity index is 0.833. The van der Waals surface area contributed by atoms with E-state index in [1.54, 1.807) is 0 Å². The van der Waals surface area contributed by atoms with Crippen LogP contribution in [0.4, 0.5) is 0 Å². The van der Waals surface area contributed by atoms with Gasteiger partial charge in [0.1, 0.15) is 110 Å². The summed E-state index contributed by atoms with van der Waals surface area (Å²) < 4.78 is 67.6. The highest BCUT2D eigenvalue weighted by Crippen LogP contribution is 2.80. The van der Waals surface area contributed by atoms with E-state index in [1.165, 1.54) is 6.92 Å². The fourth-order valence-corrected chi connectivity index (χ4v) is 18.8. The average molecular weight is 1210 g/mol. The topological polar surface area (TPSA) is 402 Å². The maximum atomic E-state index is 12.6. The normalized spacial score (nSPS) is 58.2. The summed E-state index contributed by atoms with van der Waals surface area (Å²) in [6, 6.07) is 0. The summed E-state index contributed by atoms with van der Waals surface area (Å²) in [7, 11) is 0. The van der Waals surface area contributed by atoms with Gasteiger partial charge >= 0.3 is 0 Å². The molecule has 26 nitrogen and oxygen atoms in total. The van der Waals surface area contributed by atoms with Crippen LogP contribution in [0.5, 0.6) is 0 Å². The predicted octanol–water partition coefficient (Wildman–Crippen LogP) is -3.04. The molecular formula is C58H94O26. The Morgan fingerprint density at radius 3 is 1.73 bits per heavy atom. The molecule has 11 rings (SSSR count). The molecule has 1 unspecified atom stereocenters. The number of aliphatic hydroxyl groups is 14. The Labute approximate surface area is 488 Å². The number of aliphatic hydroxyl groups excluding tert-OH is 14. The zero-order valence-corrected chi connectivity index (χ0v) is 49.0. The molecule has 5 saturated carbocycles. The second-order valence-corrected chi connectivity index (χ2v) is 28.6. The fraction of sp³-hybridized carbons (Fsp3) is 0.983. The van der Waals surface area contributed by atoms with Crippen molar-refractivity contribution in [1.29, 1.82) is 0 Å².